The van der Waals surface area contributed by atoms with Crippen molar-refractivity contribution < 1.29 is 14.3 Å². The van der Waals surface area contributed by atoms with Crippen molar-refractivity contribution in [3.63, 3.8) is 0 Å². The molecule has 0 saturated carbocycles. The van der Waals surface area contributed by atoms with Crippen molar-refractivity contribution in [3.8, 4) is 0 Å². The maximum absolute atomic E-state index is 12.2. The smallest absolute Gasteiger partial charge is 0.321 e. The molecule has 1 N–H and O–H groups in total. The van der Waals surface area contributed by atoms with Crippen LogP contribution in [0.5, 0.6) is 0 Å². The van der Waals surface area contributed by atoms with Crippen LogP contribution in [0.3, 0.4) is 0 Å². The first kappa shape index (κ1) is 17.9. The summed E-state index contributed by atoms with van der Waals surface area (Å²) in [5, 5.41) is 5.75. The number of aryl methyl sites for hydroxylation is 1. The molecule has 1 aromatic heterocycles. The minimum absolute atomic E-state index is 0.209. The number of thiazole rings is 1. The minimum Gasteiger partial charge on any atom is -0.466 e. The van der Waals surface area contributed by atoms with Gasteiger partial charge in [-0.2, -0.15) is 0 Å². The van der Waals surface area contributed by atoms with Gasteiger partial charge in [-0.15, -0.1) is 11.3 Å². The fourth-order valence-corrected chi connectivity index (χ4v) is 2.70. The second-order valence-corrected chi connectivity index (χ2v) is 6.39. The fourth-order valence-electron chi connectivity index (χ4n) is 2.10. The Morgan fingerprint density at radius 2 is 2.00 bits per heavy atom. The van der Waals surface area contributed by atoms with E-state index >= 15 is 0 Å². The average Bonchev–Trinajstić information content (AvgIpc) is 2.94. The maximum atomic E-state index is 12.2. The van der Waals surface area contributed by atoms with E-state index in [2.05, 4.69) is 10.3 Å². The summed E-state index contributed by atoms with van der Waals surface area (Å²) in [6.07, 6.45) is 0.227. The zero-order valence-electron chi connectivity index (χ0n) is 14.0. The molecule has 0 aliphatic heterocycles. The molecule has 0 saturated heterocycles. The molecule has 0 aliphatic carbocycles. The third-order valence-electron chi connectivity index (χ3n) is 3.27. The molecule has 2 amide bonds. The summed E-state index contributed by atoms with van der Waals surface area (Å²) in [7, 11) is 1.72. The summed E-state index contributed by atoms with van der Waals surface area (Å²) in [6.45, 7) is 4.54. The molecule has 0 atom stereocenters. The number of amides is 2. The molecule has 1 heterocycles. The number of hydrogen-bond donors (Lipinski definition) is 1. The van der Waals surface area contributed by atoms with Crippen molar-refractivity contribution in [1.82, 2.24) is 9.88 Å². The van der Waals surface area contributed by atoms with E-state index in [1.807, 2.05) is 12.3 Å². The zero-order valence-corrected chi connectivity index (χ0v) is 14.9. The van der Waals surface area contributed by atoms with Gasteiger partial charge in [-0.05, 0) is 31.5 Å². The quantitative estimate of drug-likeness (QED) is 0.815. The summed E-state index contributed by atoms with van der Waals surface area (Å²) in [6, 6.07) is 6.94. The number of aromatic nitrogens is 1. The third-order valence-corrected chi connectivity index (χ3v) is 4.09. The second-order valence-electron chi connectivity index (χ2n) is 5.32. The largest absolute Gasteiger partial charge is 0.466 e. The Balaban J connectivity index is 1.88. The Hall–Kier alpha value is -2.41. The molecule has 0 aliphatic rings. The van der Waals surface area contributed by atoms with E-state index in [0.29, 0.717) is 18.8 Å². The van der Waals surface area contributed by atoms with E-state index in [1.165, 1.54) is 0 Å². The van der Waals surface area contributed by atoms with Gasteiger partial charge in [0.25, 0.3) is 0 Å². The molecule has 0 unspecified atom stereocenters. The number of carbonyl (C=O) groups is 2. The molecular weight excluding hydrogens is 326 g/mol. The monoisotopic (exact) mass is 347 g/mol. The Morgan fingerprint density at radius 3 is 2.58 bits per heavy atom. The number of benzene rings is 1. The van der Waals surface area contributed by atoms with Gasteiger partial charge in [-0.3, -0.25) is 4.79 Å². The maximum Gasteiger partial charge on any atom is 0.321 e. The molecule has 7 heteroatoms. The lowest BCUT2D eigenvalue weighted by Gasteiger charge is -2.17. The molecule has 0 fully saturated rings. The van der Waals surface area contributed by atoms with E-state index in [1.54, 1.807) is 54.5 Å². The van der Waals surface area contributed by atoms with Crippen LogP contribution in [-0.2, 0) is 22.5 Å². The zero-order chi connectivity index (χ0) is 17.5. The highest BCUT2D eigenvalue weighted by atomic mass is 32.1. The van der Waals surface area contributed by atoms with Gasteiger partial charge in [0.15, 0.2) is 0 Å². The molecule has 128 valence electrons. The molecule has 2 aromatic rings. The number of esters is 1. The number of hydrogen-bond acceptors (Lipinski definition) is 5. The first-order chi connectivity index (χ1) is 11.5. The highest BCUT2D eigenvalue weighted by molar-refractivity contribution is 7.09. The standard InChI is InChI=1S/C17H21N3O3S/c1-4-23-16(21)9-13-5-7-14(8-6-13)19-17(22)20(3)10-15-11-24-12(2)18-15/h5-8,11H,4,9-10H2,1-3H3,(H,19,22). The number of nitrogens with zero attached hydrogens (tertiary/aromatic N) is 2. The van der Waals surface area contributed by atoms with Crippen LogP contribution >= 0.6 is 11.3 Å². The van der Waals surface area contributed by atoms with Gasteiger partial charge in [0.2, 0.25) is 0 Å². The van der Waals surface area contributed by atoms with Crippen LogP contribution in [0.25, 0.3) is 0 Å². The Bertz CT molecular complexity index is 697. The van der Waals surface area contributed by atoms with E-state index in [-0.39, 0.29) is 18.4 Å². The van der Waals surface area contributed by atoms with Gasteiger partial charge >= 0.3 is 12.0 Å². The highest BCUT2D eigenvalue weighted by Gasteiger charge is 2.11. The van der Waals surface area contributed by atoms with Crippen LogP contribution < -0.4 is 5.32 Å². The molecule has 0 spiro atoms. The number of anilines is 1. The Labute approximate surface area is 145 Å². The van der Waals surface area contributed by atoms with Crippen molar-refractivity contribution in [2.45, 2.75) is 26.8 Å². The van der Waals surface area contributed by atoms with Crippen LogP contribution in [0.1, 0.15) is 23.2 Å². The van der Waals surface area contributed by atoms with E-state index in [0.717, 1.165) is 16.3 Å². The van der Waals surface area contributed by atoms with Gasteiger partial charge in [0.05, 0.1) is 30.3 Å². The topological polar surface area (TPSA) is 71.5 Å². The normalized spacial score (nSPS) is 10.3. The fraction of sp³-hybridized carbons (Fsp3) is 0.353. The third kappa shape index (κ3) is 5.34. The van der Waals surface area contributed by atoms with Crippen LogP contribution in [0.15, 0.2) is 29.6 Å². The molecule has 2 rings (SSSR count). The first-order valence-electron chi connectivity index (χ1n) is 7.65. The predicted octanol–water partition coefficient (Wildman–Crippen LogP) is 3.22. The van der Waals surface area contributed by atoms with Crippen LogP contribution in [0, 0.1) is 6.92 Å². The summed E-state index contributed by atoms with van der Waals surface area (Å²) >= 11 is 1.56. The second kappa shape index (κ2) is 8.44. The Kier molecular flexibility index (Phi) is 6.31. The lowest BCUT2D eigenvalue weighted by Crippen LogP contribution is -2.30. The van der Waals surface area contributed by atoms with E-state index in [4.69, 9.17) is 4.74 Å². The number of urea groups is 1. The molecule has 0 radical (unpaired) electrons. The Morgan fingerprint density at radius 1 is 1.29 bits per heavy atom. The SMILES string of the molecule is CCOC(=O)Cc1ccc(NC(=O)N(C)Cc2csc(C)n2)cc1. The van der Waals surface area contributed by atoms with Crippen molar-refractivity contribution in [1.29, 1.82) is 0 Å². The number of rotatable bonds is 6. The number of ether oxygens (including phenoxy) is 1. The van der Waals surface area contributed by atoms with Crippen molar-refractivity contribution in [2.24, 2.45) is 0 Å². The van der Waals surface area contributed by atoms with Gasteiger partial charge in [0, 0.05) is 18.1 Å². The van der Waals surface area contributed by atoms with Crippen molar-refractivity contribution >= 4 is 29.0 Å². The van der Waals surface area contributed by atoms with Gasteiger partial charge < -0.3 is 15.0 Å². The predicted molar refractivity (Wildman–Crippen MR) is 94.1 cm³/mol. The van der Waals surface area contributed by atoms with Crippen molar-refractivity contribution in [3.05, 3.63) is 45.9 Å². The van der Waals surface area contributed by atoms with E-state index in [9.17, 15) is 9.59 Å². The van der Waals surface area contributed by atoms with Crippen LogP contribution in [-0.4, -0.2) is 35.5 Å². The minimum atomic E-state index is -0.257. The molecule has 0 bridgehead atoms. The first-order valence-corrected chi connectivity index (χ1v) is 8.53. The lowest BCUT2D eigenvalue weighted by molar-refractivity contribution is -0.142. The van der Waals surface area contributed by atoms with Crippen molar-refractivity contribution in [2.75, 3.05) is 19.0 Å². The van der Waals surface area contributed by atoms with Crippen LogP contribution in [0.4, 0.5) is 10.5 Å². The average molecular weight is 347 g/mol. The molecule has 6 nitrogen and oxygen atoms in total. The summed E-state index contributed by atoms with van der Waals surface area (Å²) < 4.78 is 4.91. The molecule has 1 aromatic carbocycles. The highest BCUT2D eigenvalue weighted by Crippen LogP contribution is 2.13. The van der Waals surface area contributed by atoms with Crippen LogP contribution in [0.2, 0.25) is 0 Å². The number of carbonyl (C=O) groups excluding carboxylic acids is 2. The molecular formula is C17H21N3O3S. The number of nitrogens with one attached hydrogen (secondary N) is 1. The van der Waals surface area contributed by atoms with Gasteiger partial charge in [0.1, 0.15) is 0 Å². The van der Waals surface area contributed by atoms with Gasteiger partial charge in [-0.25, -0.2) is 9.78 Å². The summed E-state index contributed by atoms with van der Waals surface area (Å²) in [4.78, 5) is 29.5. The summed E-state index contributed by atoms with van der Waals surface area (Å²) in [5.41, 5.74) is 2.40. The van der Waals surface area contributed by atoms with Gasteiger partial charge in [-0.1, -0.05) is 12.1 Å². The lowest BCUT2D eigenvalue weighted by atomic mass is 10.1. The van der Waals surface area contributed by atoms with E-state index < -0.39 is 0 Å². The molecule has 24 heavy (non-hydrogen) atoms. The summed E-state index contributed by atoms with van der Waals surface area (Å²) in [5.74, 6) is -0.257.